The molecule has 1 aromatic rings. The first kappa shape index (κ1) is 28.4. The minimum atomic E-state index is -1.29. The fourth-order valence-electron chi connectivity index (χ4n) is 3.30. The standard InChI is InChI=1S/C22H26ClNO10S/c1-10(25)24-16-8-15(23)6-7-18(16)35-22-21(33-14(5)29)20(32-13(4)28)19(31-12(3)27)17(34-22)9-30-11(2)26/h6-8,17,19-22H,9H2,1-5H3,(H,24,25)/t17-,19+,20+,21-,22-/m0/s1. The Labute approximate surface area is 211 Å². The lowest BCUT2D eigenvalue weighted by atomic mass is 9.99. The van der Waals surface area contributed by atoms with Crippen LogP contribution in [0.5, 0.6) is 0 Å². The second-order valence-electron chi connectivity index (χ2n) is 7.51. The summed E-state index contributed by atoms with van der Waals surface area (Å²) in [5.74, 6) is -3.13. The van der Waals surface area contributed by atoms with Gasteiger partial charge in [0.2, 0.25) is 5.91 Å². The van der Waals surface area contributed by atoms with Crippen molar-refractivity contribution in [3.05, 3.63) is 23.2 Å². The fourth-order valence-corrected chi connectivity index (χ4v) is 4.65. The van der Waals surface area contributed by atoms with Gasteiger partial charge in [-0.05, 0) is 18.2 Å². The molecule has 0 unspecified atom stereocenters. The molecule has 1 N–H and O–H groups in total. The van der Waals surface area contributed by atoms with Gasteiger partial charge >= 0.3 is 23.9 Å². The first-order valence-corrected chi connectivity index (χ1v) is 11.7. The maximum Gasteiger partial charge on any atom is 0.303 e. The molecule has 0 radical (unpaired) electrons. The Balaban J connectivity index is 2.53. The van der Waals surface area contributed by atoms with Gasteiger partial charge in [0.1, 0.15) is 18.1 Å². The summed E-state index contributed by atoms with van der Waals surface area (Å²) in [5, 5.41) is 3.02. The molecule has 1 aromatic carbocycles. The third-order valence-electron chi connectivity index (χ3n) is 4.44. The van der Waals surface area contributed by atoms with Crippen LogP contribution in [0.1, 0.15) is 34.6 Å². The van der Waals surface area contributed by atoms with E-state index in [2.05, 4.69) is 5.32 Å². The highest BCUT2D eigenvalue weighted by Crippen LogP contribution is 2.40. The van der Waals surface area contributed by atoms with Gasteiger partial charge in [-0.3, -0.25) is 24.0 Å². The Hall–Kier alpha value is -2.83. The van der Waals surface area contributed by atoms with Crippen LogP contribution in [0.4, 0.5) is 5.69 Å². The van der Waals surface area contributed by atoms with Crippen LogP contribution in [0.15, 0.2) is 23.1 Å². The largest absolute Gasteiger partial charge is 0.463 e. The fraction of sp³-hybridized carbons (Fsp3) is 0.500. The number of esters is 4. The molecule has 0 spiro atoms. The van der Waals surface area contributed by atoms with Crippen molar-refractivity contribution in [3.8, 4) is 0 Å². The summed E-state index contributed by atoms with van der Waals surface area (Å²) in [4.78, 5) is 59.3. The number of amides is 1. The van der Waals surface area contributed by atoms with E-state index in [0.717, 1.165) is 32.5 Å². The second kappa shape index (κ2) is 12.8. The number of ether oxygens (including phenoxy) is 5. The van der Waals surface area contributed by atoms with Gasteiger partial charge in [-0.2, -0.15) is 0 Å². The van der Waals surface area contributed by atoms with Gasteiger partial charge in [0.05, 0.1) is 5.69 Å². The van der Waals surface area contributed by atoms with Crippen molar-refractivity contribution in [3.63, 3.8) is 0 Å². The van der Waals surface area contributed by atoms with Gasteiger partial charge in [0, 0.05) is 44.5 Å². The van der Waals surface area contributed by atoms with Crippen molar-refractivity contribution >= 4 is 58.8 Å². The lowest BCUT2D eigenvalue weighted by Gasteiger charge is -2.44. The molecule has 1 fully saturated rings. The Kier molecular flexibility index (Phi) is 10.3. The molecular formula is C22H26ClNO10S. The SMILES string of the molecule is CC(=O)Nc1cc(Cl)ccc1S[C@@H]1O[C@@H](COC(C)=O)[C@@H](OC(C)=O)[C@@H](OC(C)=O)[C@@H]1OC(C)=O. The van der Waals surface area contributed by atoms with Gasteiger partial charge in [0.25, 0.3) is 0 Å². The van der Waals surface area contributed by atoms with Gasteiger partial charge in [0.15, 0.2) is 18.3 Å². The predicted molar refractivity (Wildman–Crippen MR) is 124 cm³/mol. The van der Waals surface area contributed by atoms with Crippen LogP contribution in [-0.2, 0) is 47.7 Å². The Morgan fingerprint density at radius 2 is 1.46 bits per heavy atom. The quantitative estimate of drug-likeness (QED) is 0.390. The Morgan fingerprint density at radius 1 is 0.886 bits per heavy atom. The van der Waals surface area contributed by atoms with E-state index in [1.54, 1.807) is 12.1 Å². The summed E-state index contributed by atoms with van der Waals surface area (Å²) in [7, 11) is 0. The zero-order chi connectivity index (χ0) is 26.3. The number of carbonyl (C=O) groups excluding carboxylic acids is 5. The molecule has 192 valence electrons. The van der Waals surface area contributed by atoms with Gasteiger partial charge in [-0.1, -0.05) is 23.4 Å². The summed E-state index contributed by atoms with van der Waals surface area (Å²) < 4.78 is 27.3. The third-order valence-corrected chi connectivity index (χ3v) is 5.90. The van der Waals surface area contributed by atoms with E-state index in [1.807, 2.05) is 0 Å². The zero-order valence-electron chi connectivity index (χ0n) is 19.7. The number of halogens is 1. The summed E-state index contributed by atoms with van der Waals surface area (Å²) >= 11 is 7.10. The number of nitrogens with one attached hydrogen (secondary N) is 1. The zero-order valence-corrected chi connectivity index (χ0v) is 21.3. The molecule has 1 heterocycles. The normalized spacial score (nSPS) is 23.5. The van der Waals surface area contributed by atoms with Gasteiger partial charge in [-0.25, -0.2) is 0 Å². The van der Waals surface area contributed by atoms with Crippen molar-refractivity contribution in [1.29, 1.82) is 0 Å². The number of hydrogen-bond acceptors (Lipinski definition) is 11. The molecule has 11 nitrogen and oxygen atoms in total. The summed E-state index contributed by atoms with van der Waals surface area (Å²) in [6.45, 7) is 5.61. The molecule has 1 amide bonds. The van der Waals surface area contributed by atoms with E-state index in [0.29, 0.717) is 15.6 Å². The van der Waals surface area contributed by atoms with E-state index in [-0.39, 0.29) is 12.5 Å². The molecule has 1 saturated heterocycles. The monoisotopic (exact) mass is 531 g/mol. The van der Waals surface area contributed by atoms with E-state index in [4.69, 9.17) is 35.3 Å². The summed E-state index contributed by atoms with van der Waals surface area (Å²) in [6.07, 6.45) is -4.85. The molecule has 1 aliphatic heterocycles. The van der Waals surface area contributed by atoms with Crippen molar-refractivity contribution in [2.24, 2.45) is 0 Å². The molecule has 0 bridgehead atoms. The number of carbonyl (C=O) groups is 5. The van der Waals surface area contributed by atoms with Crippen LogP contribution in [-0.4, -0.2) is 66.2 Å². The molecule has 0 saturated carbocycles. The molecular weight excluding hydrogens is 506 g/mol. The highest BCUT2D eigenvalue weighted by Gasteiger charge is 2.52. The first-order chi connectivity index (χ1) is 16.4. The van der Waals surface area contributed by atoms with Gasteiger partial charge < -0.3 is 29.0 Å². The molecule has 13 heteroatoms. The average Bonchev–Trinajstić information content (AvgIpc) is 2.71. The maximum absolute atomic E-state index is 11.9. The topological polar surface area (TPSA) is 144 Å². The Bertz CT molecular complexity index is 987. The van der Waals surface area contributed by atoms with E-state index < -0.39 is 53.7 Å². The van der Waals surface area contributed by atoms with Crippen LogP contribution < -0.4 is 5.32 Å². The predicted octanol–water partition coefficient (Wildman–Crippen LogP) is 2.47. The highest BCUT2D eigenvalue weighted by atomic mass is 35.5. The molecule has 0 aliphatic carbocycles. The number of hydrogen-bond donors (Lipinski definition) is 1. The minimum Gasteiger partial charge on any atom is -0.463 e. The average molecular weight is 532 g/mol. The van der Waals surface area contributed by atoms with Crippen molar-refractivity contribution < 1.29 is 47.7 Å². The number of anilines is 1. The molecule has 1 aliphatic rings. The molecule has 0 aromatic heterocycles. The van der Waals surface area contributed by atoms with E-state index in [9.17, 15) is 24.0 Å². The molecule has 2 rings (SSSR count). The second-order valence-corrected chi connectivity index (χ2v) is 9.08. The Morgan fingerprint density at radius 3 is 2.00 bits per heavy atom. The summed E-state index contributed by atoms with van der Waals surface area (Å²) in [6, 6.07) is 4.73. The third kappa shape index (κ3) is 8.71. The first-order valence-electron chi connectivity index (χ1n) is 10.4. The maximum atomic E-state index is 11.9. The van der Waals surface area contributed by atoms with Crippen molar-refractivity contribution in [2.45, 2.75) is 69.4 Å². The highest BCUT2D eigenvalue weighted by molar-refractivity contribution is 8.00. The molecule has 35 heavy (non-hydrogen) atoms. The van der Waals surface area contributed by atoms with Gasteiger partial charge in [-0.15, -0.1) is 0 Å². The van der Waals surface area contributed by atoms with Crippen LogP contribution in [0, 0.1) is 0 Å². The minimum absolute atomic E-state index is 0.339. The van der Waals surface area contributed by atoms with E-state index in [1.165, 1.54) is 19.9 Å². The van der Waals surface area contributed by atoms with Crippen LogP contribution in [0.25, 0.3) is 0 Å². The molecule has 5 atom stereocenters. The number of benzene rings is 1. The lowest BCUT2D eigenvalue weighted by Crippen LogP contribution is -2.61. The van der Waals surface area contributed by atoms with E-state index >= 15 is 0 Å². The number of thioether (sulfide) groups is 1. The number of rotatable bonds is 8. The lowest BCUT2D eigenvalue weighted by molar-refractivity contribution is -0.237. The van der Waals surface area contributed by atoms with Crippen molar-refractivity contribution in [1.82, 2.24) is 0 Å². The van der Waals surface area contributed by atoms with Crippen molar-refractivity contribution in [2.75, 3.05) is 11.9 Å². The van der Waals surface area contributed by atoms with Crippen LogP contribution >= 0.6 is 23.4 Å². The van der Waals surface area contributed by atoms with Crippen LogP contribution in [0.2, 0.25) is 5.02 Å². The van der Waals surface area contributed by atoms with Crippen LogP contribution in [0.3, 0.4) is 0 Å². The smallest absolute Gasteiger partial charge is 0.303 e. The summed E-state index contributed by atoms with van der Waals surface area (Å²) in [5.41, 5.74) is -0.674.